The first-order chi connectivity index (χ1) is 8.79. The second kappa shape index (κ2) is 4.57. The van der Waals surface area contributed by atoms with Gasteiger partial charge in [-0.15, -0.1) is 0 Å². The molecule has 3 nitrogen and oxygen atoms in total. The summed E-state index contributed by atoms with van der Waals surface area (Å²) in [5, 5.41) is 0. The van der Waals surface area contributed by atoms with Crippen molar-refractivity contribution in [3.63, 3.8) is 0 Å². The summed E-state index contributed by atoms with van der Waals surface area (Å²) in [5.74, 6) is -0.490. The molecule has 1 aliphatic rings. The summed E-state index contributed by atoms with van der Waals surface area (Å²) in [5.41, 5.74) is 2.37. The number of epoxide rings is 1. The van der Waals surface area contributed by atoms with Crippen LogP contribution < -0.4 is 0 Å². The lowest BCUT2D eigenvalue weighted by Gasteiger charge is -2.16. The Bertz CT molecular complexity index is 528. The molecule has 0 bridgehead atoms. The molecule has 1 unspecified atom stereocenters. The summed E-state index contributed by atoms with van der Waals surface area (Å²) < 4.78 is 5.28. The molecule has 0 aromatic heterocycles. The van der Waals surface area contributed by atoms with E-state index in [0.29, 0.717) is 5.56 Å². The molecule has 0 N–H and O–H groups in total. The zero-order valence-corrected chi connectivity index (χ0v) is 12.2. The number of carbonyl (C=O) groups excluding carboxylic acids is 2. The minimum atomic E-state index is -1.21. The predicted octanol–water partition coefficient (Wildman–Crippen LogP) is 2.79. The topological polar surface area (TPSA) is 46.7 Å². The van der Waals surface area contributed by atoms with Crippen LogP contribution in [-0.4, -0.2) is 23.8 Å². The van der Waals surface area contributed by atoms with Gasteiger partial charge >= 0.3 is 0 Å². The number of aryl methyl sites for hydroxylation is 3. The Hall–Kier alpha value is -1.48. The van der Waals surface area contributed by atoms with Gasteiger partial charge in [0.1, 0.15) is 0 Å². The van der Waals surface area contributed by atoms with E-state index in [4.69, 9.17) is 4.74 Å². The maximum absolute atomic E-state index is 12.7. The van der Waals surface area contributed by atoms with E-state index in [0.717, 1.165) is 16.7 Å². The van der Waals surface area contributed by atoms with Crippen LogP contribution in [0.2, 0.25) is 0 Å². The number of hydrogen-bond acceptors (Lipinski definition) is 3. The Kier molecular flexibility index (Phi) is 3.35. The summed E-state index contributed by atoms with van der Waals surface area (Å²) in [6.07, 6.45) is 0. The van der Waals surface area contributed by atoms with Gasteiger partial charge in [0, 0.05) is 11.5 Å². The highest BCUT2D eigenvalue weighted by atomic mass is 16.6. The third kappa shape index (κ3) is 2.23. The third-order valence-corrected chi connectivity index (χ3v) is 3.63. The first kappa shape index (κ1) is 13.9. The molecule has 0 aliphatic carbocycles. The van der Waals surface area contributed by atoms with Gasteiger partial charge in [-0.2, -0.15) is 0 Å². The van der Waals surface area contributed by atoms with Crippen molar-refractivity contribution in [1.29, 1.82) is 0 Å². The fourth-order valence-electron chi connectivity index (χ4n) is 2.66. The fourth-order valence-corrected chi connectivity index (χ4v) is 2.66. The zero-order chi connectivity index (χ0) is 14.4. The van der Waals surface area contributed by atoms with E-state index >= 15 is 0 Å². The molecule has 1 atom stereocenters. The van der Waals surface area contributed by atoms with E-state index in [9.17, 15) is 9.59 Å². The largest absolute Gasteiger partial charge is 0.353 e. The Morgan fingerprint density at radius 2 is 1.63 bits per heavy atom. The van der Waals surface area contributed by atoms with Crippen LogP contribution in [0.4, 0.5) is 0 Å². The average molecular weight is 260 g/mol. The molecule has 1 heterocycles. The van der Waals surface area contributed by atoms with Gasteiger partial charge in [-0.1, -0.05) is 31.5 Å². The number of rotatable bonds is 4. The van der Waals surface area contributed by atoms with Gasteiger partial charge in [0.15, 0.2) is 5.78 Å². The van der Waals surface area contributed by atoms with Gasteiger partial charge in [-0.25, -0.2) is 0 Å². The maximum Gasteiger partial charge on any atom is 0.212 e. The normalized spacial score (nSPS) is 21.6. The predicted molar refractivity (Wildman–Crippen MR) is 73.5 cm³/mol. The smallest absolute Gasteiger partial charge is 0.212 e. The molecule has 19 heavy (non-hydrogen) atoms. The van der Waals surface area contributed by atoms with Gasteiger partial charge in [-0.3, -0.25) is 9.59 Å². The van der Waals surface area contributed by atoms with Crippen LogP contribution in [0.15, 0.2) is 12.1 Å². The lowest BCUT2D eigenvalue weighted by Crippen LogP contribution is -2.38. The van der Waals surface area contributed by atoms with Gasteiger partial charge in [0.2, 0.25) is 11.4 Å². The number of hydrogen-bond donors (Lipinski definition) is 0. The molecule has 1 aliphatic heterocycles. The fraction of sp³-hybridized carbons (Fsp3) is 0.500. The van der Waals surface area contributed by atoms with Gasteiger partial charge < -0.3 is 4.74 Å². The lowest BCUT2D eigenvalue weighted by molar-refractivity contribution is -0.125. The van der Waals surface area contributed by atoms with Crippen molar-refractivity contribution < 1.29 is 14.3 Å². The van der Waals surface area contributed by atoms with Crippen molar-refractivity contribution in [2.75, 3.05) is 6.61 Å². The summed E-state index contributed by atoms with van der Waals surface area (Å²) in [6.45, 7) is 9.63. The van der Waals surface area contributed by atoms with Crippen LogP contribution in [0.3, 0.4) is 0 Å². The van der Waals surface area contributed by atoms with E-state index in [2.05, 4.69) is 0 Å². The van der Waals surface area contributed by atoms with Crippen LogP contribution in [-0.2, 0) is 9.53 Å². The molecule has 102 valence electrons. The Labute approximate surface area is 114 Å². The number of carbonyl (C=O) groups is 2. The molecule has 1 fully saturated rings. The van der Waals surface area contributed by atoms with Crippen molar-refractivity contribution in [3.05, 3.63) is 34.4 Å². The first-order valence-electron chi connectivity index (χ1n) is 6.60. The van der Waals surface area contributed by atoms with Crippen LogP contribution in [0.5, 0.6) is 0 Å². The van der Waals surface area contributed by atoms with Crippen molar-refractivity contribution in [2.45, 2.75) is 40.2 Å². The number of ketones is 2. The van der Waals surface area contributed by atoms with E-state index in [1.807, 2.05) is 32.9 Å². The molecular weight excluding hydrogens is 240 g/mol. The minimum Gasteiger partial charge on any atom is -0.353 e. The van der Waals surface area contributed by atoms with Crippen molar-refractivity contribution >= 4 is 11.6 Å². The zero-order valence-electron chi connectivity index (χ0n) is 12.2. The van der Waals surface area contributed by atoms with Gasteiger partial charge in [0.25, 0.3) is 0 Å². The van der Waals surface area contributed by atoms with Crippen molar-refractivity contribution in [2.24, 2.45) is 5.92 Å². The quantitative estimate of drug-likeness (QED) is 0.475. The molecule has 0 radical (unpaired) electrons. The summed E-state index contributed by atoms with van der Waals surface area (Å²) in [7, 11) is 0. The van der Waals surface area contributed by atoms with E-state index in [-0.39, 0.29) is 24.1 Å². The monoisotopic (exact) mass is 260 g/mol. The molecule has 1 aromatic carbocycles. The Morgan fingerprint density at radius 3 is 2.00 bits per heavy atom. The van der Waals surface area contributed by atoms with E-state index in [1.54, 1.807) is 13.8 Å². The van der Waals surface area contributed by atoms with Crippen LogP contribution in [0.25, 0.3) is 0 Å². The molecule has 2 rings (SSSR count). The van der Waals surface area contributed by atoms with E-state index in [1.165, 1.54) is 0 Å². The summed E-state index contributed by atoms with van der Waals surface area (Å²) >= 11 is 0. The Balaban J connectivity index is 2.44. The highest BCUT2D eigenvalue weighted by molar-refractivity contribution is 6.21. The van der Waals surface area contributed by atoms with Crippen LogP contribution >= 0.6 is 0 Å². The molecule has 0 saturated carbocycles. The molecule has 0 amide bonds. The highest BCUT2D eigenvalue weighted by Crippen LogP contribution is 2.36. The second-order valence-electron chi connectivity index (χ2n) is 5.74. The van der Waals surface area contributed by atoms with Gasteiger partial charge in [0.05, 0.1) is 6.61 Å². The molecule has 1 aromatic rings. The van der Waals surface area contributed by atoms with Crippen molar-refractivity contribution in [3.8, 4) is 0 Å². The SMILES string of the molecule is Cc1cc(C)c(C(=O)C2(C(=O)C(C)C)CO2)c(C)c1. The highest BCUT2D eigenvalue weighted by Gasteiger charge is 2.59. The van der Waals surface area contributed by atoms with Gasteiger partial charge in [-0.05, 0) is 31.9 Å². The van der Waals surface area contributed by atoms with Crippen LogP contribution in [0.1, 0.15) is 40.9 Å². The summed E-state index contributed by atoms with van der Waals surface area (Å²) in [4.78, 5) is 24.9. The standard InChI is InChI=1S/C16H20O3/c1-9(2)14(17)16(8-19-16)15(18)13-11(4)6-10(3)7-12(13)5/h6-7,9H,8H2,1-5H3. The Morgan fingerprint density at radius 1 is 1.16 bits per heavy atom. The van der Waals surface area contributed by atoms with Crippen molar-refractivity contribution in [1.82, 2.24) is 0 Å². The third-order valence-electron chi connectivity index (χ3n) is 3.63. The second-order valence-corrected chi connectivity index (χ2v) is 5.74. The average Bonchev–Trinajstić information content (AvgIpc) is 3.07. The lowest BCUT2D eigenvalue weighted by atomic mass is 9.85. The van der Waals surface area contributed by atoms with E-state index < -0.39 is 5.60 Å². The summed E-state index contributed by atoms with van der Waals surface area (Å²) in [6, 6.07) is 3.94. The molecule has 0 spiro atoms. The molecule has 3 heteroatoms. The molecule has 1 saturated heterocycles. The maximum atomic E-state index is 12.7. The van der Waals surface area contributed by atoms with Crippen LogP contribution in [0, 0.1) is 26.7 Å². The molecular formula is C16H20O3. The number of benzene rings is 1. The first-order valence-corrected chi connectivity index (χ1v) is 6.60. The number of Topliss-reactive ketones (excluding diaryl/α,β-unsaturated/α-hetero) is 2. The minimum absolute atomic E-state index is 0.114. The number of ether oxygens (including phenoxy) is 1.